The highest BCUT2D eigenvalue weighted by molar-refractivity contribution is 5.25. The van der Waals surface area contributed by atoms with Crippen LogP contribution in [0.3, 0.4) is 0 Å². The van der Waals surface area contributed by atoms with Crippen LogP contribution in [0.4, 0.5) is 0 Å². The molecule has 0 aromatic heterocycles. The quantitative estimate of drug-likeness (QED) is 0.675. The zero-order valence-corrected chi connectivity index (χ0v) is 10.00. The molecule has 0 heteroatoms. The van der Waals surface area contributed by atoms with E-state index in [0.717, 1.165) is 5.92 Å². The molecule has 0 heterocycles. The first-order valence-electron chi connectivity index (χ1n) is 6.30. The third kappa shape index (κ3) is 2.25. The second-order valence-electron chi connectivity index (χ2n) is 5.32. The Bertz CT molecular complexity index is 301. The fraction of sp³-hybridized carbons (Fsp3) is 0.600. The summed E-state index contributed by atoms with van der Waals surface area (Å²) < 4.78 is 0. The predicted molar refractivity (Wildman–Crippen MR) is 66.0 cm³/mol. The Labute approximate surface area is 93.7 Å². The zero-order valence-electron chi connectivity index (χ0n) is 10.00. The van der Waals surface area contributed by atoms with Crippen molar-refractivity contribution in [1.82, 2.24) is 0 Å². The molecule has 1 aromatic carbocycles. The summed E-state index contributed by atoms with van der Waals surface area (Å²) in [5.41, 5.74) is 2.00. The molecule has 0 nitrogen and oxygen atoms in total. The van der Waals surface area contributed by atoms with Crippen molar-refractivity contribution < 1.29 is 0 Å². The minimum Gasteiger partial charge on any atom is -0.0654 e. The predicted octanol–water partition coefficient (Wildman–Crippen LogP) is 4.54. The Morgan fingerprint density at radius 1 is 1.27 bits per heavy atom. The molecule has 82 valence electrons. The van der Waals surface area contributed by atoms with Crippen LogP contribution in [0.1, 0.15) is 51.5 Å². The molecule has 0 spiro atoms. The third-order valence-electron chi connectivity index (χ3n) is 4.01. The van der Waals surface area contributed by atoms with E-state index >= 15 is 0 Å². The number of benzene rings is 1. The average Bonchev–Trinajstić information content (AvgIpc) is 2.64. The molecule has 0 bridgehead atoms. The van der Waals surface area contributed by atoms with E-state index in [9.17, 15) is 0 Å². The lowest BCUT2D eigenvalue weighted by Crippen LogP contribution is -2.17. The molecule has 1 fully saturated rings. The monoisotopic (exact) mass is 202 g/mol. The highest BCUT2D eigenvalue weighted by Crippen LogP contribution is 2.45. The van der Waals surface area contributed by atoms with E-state index in [2.05, 4.69) is 44.2 Å². The van der Waals surface area contributed by atoms with E-state index in [1.165, 1.54) is 32.1 Å². The van der Waals surface area contributed by atoms with Crippen LogP contribution in [-0.4, -0.2) is 0 Å². The summed E-state index contributed by atoms with van der Waals surface area (Å²) >= 11 is 0. The van der Waals surface area contributed by atoms with E-state index in [-0.39, 0.29) is 0 Å². The lowest BCUT2D eigenvalue weighted by atomic mass is 9.80. The smallest absolute Gasteiger partial charge is 0.00725 e. The van der Waals surface area contributed by atoms with Gasteiger partial charge in [-0.2, -0.15) is 0 Å². The Balaban J connectivity index is 2.10. The lowest BCUT2D eigenvalue weighted by molar-refractivity contribution is 0.432. The van der Waals surface area contributed by atoms with E-state index in [1.807, 2.05) is 0 Å². The van der Waals surface area contributed by atoms with Gasteiger partial charge in [0.1, 0.15) is 0 Å². The van der Waals surface area contributed by atoms with Gasteiger partial charge in [0.15, 0.2) is 0 Å². The van der Waals surface area contributed by atoms with Crippen molar-refractivity contribution >= 4 is 0 Å². The van der Waals surface area contributed by atoms with Crippen LogP contribution in [0.2, 0.25) is 0 Å². The van der Waals surface area contributed by atoms with Crippen molar-refractivity contribution in [1.29, 1.82) is 0 Å². The van der Waals surface area contributed by atoms with Gasteiger partial charge in [-0.3, -0.25) is 0 Å². The van der Waals surface area contributed by atoms with E-state index < -0.39 is 0 Å². The molecular formula is C15H22. The first-order valence-corrected chi connectivity index (χ1v) is 6.30. The lowest BCUT2D eigenvalue weighted by Gasteiger charge is -2.24. The molecular weight excluding hydrogens is 180 g/mol. The van der Waals surface area contributed by atoms with E-state index in [4.69, 9.17) is 0 Å². The van der Waals surface area contributed by atoms with Gasteiger partial charge in [0.25, 0.3) is 0 Å². The summed E-state index contributed by atoms with van der Waals surface area (Å²) in [6.45, 7) is 4.75. The number of rotatable bonds is 3. The van der Waals surface area contributed by atoms with Crippen LogP contribution in [0.25, 0.3) is 0 Å². The molecule has 2 rings (SSSR count). The fourth-order valence-corrected chi connectivity index (χ4v) is 3.12. The third-order valence-corrected chi connectivity index (χ3v) is 4.01. The van der Waals surface area contributed by atoms with Crippen LogP contribution in [0.5, 0.6) is 0 Å². The first-order chi connectivity index (χ1) is 7.24. The summed E-state index contributed by atoms with van der Waals surface area (Å²) in [5.74, 6) is 0.972. The normalized spacial score (nSPS) is 30.7. The van der Waals surface area contributed by atoms with Crippen LogP contribution >= 0.6 is 0 Å². The SMILES string of the molecule is CCCC1CCC(C)(c2ccccc2)C1. The van der Waals surface area contributed by atoms with Gasteiger partial charge in [0.2, 0.25) is 0 Å². The van der Waals surface area contributed by atoms with E-state index in [1.54, 1.807) is 5.56 Å². The summed E-state index contributed by atoms with van der Waals surface area (Å²) in [7, 11) is 0. The highest BCUT2D eigenvalue weighted by atomic mass is 14.4. The maximum Gasteiger partial charge on any atom is -0.00725 e. The van der Waals surface area contributed by atoms with Crippen LogP contribution in [-0.2, 0) is 5.41 Å². The molecule has 1 saturated carbocycles. The highest BCUT2D eigenvalue weighted by Gasteiger charge is 2.35. The zero-order chi connectivity index (χ0) is 10.7. The Morgan fingerprint density at radius 2 is 2.00 bits per heavy atom. The van der Waals surface area contributed by atoms with Crippen molar-refractivity contribution in [2.45, 2.75) is 51.4 Å². The van der Waals surface area contributed by atoms with Gasteiger partial charge in [-0.1, -0.05) is 57.0 Å². The largest absolute Gasteiger partial charge is 0.0654 e. The van der Waals surface area contributed by atoms with Crippen LogP contribution < -0.4 is 0 Å². The van der Waals surface area contributed by atoms with Crippen LogP contribution in [0, 0.1) is 5.92 Å². The molecule has 0 radical (unpaired) electrons. The van der Waals surface area contributed by atoms with Crippen molar-refractivity contribution in [2.24, 2.45) is 5.92 Å². The van der Waals surface area contributed by atoms with Gasteiger partial charge < -0.3 is 0 Å². The molecule has 0 N–H and O–H groups in total. The maximum absolute atomic E-state index is 2.44. The molecule has 15 heavy (non-hydrogen) atoms. The van der Waals surface area contributed by atoms with Crippen LogP contribution in [0.15, 0.2) is 30.3 Å². The Kier molecular flexibility index (Phi) is 3.14. The maximum atomic E-state index is 2.44. The van der Waals surface area contributed by atoms with Gasteiger partial charge in [-0.25, -0.2) is 0 Å². The first kappa shape index (κ1) is 10.7. The standard InChI is InChI=1S/C15H22/c1-3-7-13-10-11-15(2,12-13)14-8-5-4-6-9-14/h4-6,8-9,13H,3,7,10-12H2,1-2H3. The summed E-state index contributed by atoms with van der Waals surface area (Å²) in [5, 5.41) is 0. The second-order valence-corrected chi connectivity index (χ2v) is 5.32. The fourth-order valence-electron chi connectivity index (χ4n) is 3.12. The second kappa shape index (κ2) is 4.38. The molecule has 2 atom stereocenters. The van der Waals surface area contributed by atoms with Gasteiger partial charge in [0, 0.05) is 0 Å². The van der Waals surface area contributed by atoms with Gasteiger partial charge in [0.05, 0.1) is 0 Å². The summed E-state index contributed by atoms with van der Waals surface area (Å²) in [4.78, 5) is 0. The minimum absolute atomic E-state index is 0.459. The molecule has 1 aliphatic carbocycles. The molecule has 0 aliphatic heterocycles. The molecule has 1 aromatic rings. The van der Waals surface area contributed by atoms with E-state index in [0.29, 0.717) is 5.41 Å². The van der Waals surface area contributed by atoms with Gasteiger partial charge in [-0.05, 0) is 36.2 Å². The average molecular weight is 202 g/mol. The summed E-state index contributed by atoms with van der Waals surface area (Å²) in [6.07, 6.45) is 6.96. The molecule has 1 aliphatic rings. The van der Waals surface area contributed by atoms with Gasteiger partial charge >= 0.3 is 0 Å². The number of hydrogen-bond acceptors (Lipinski definition) is 0. The molecule has 2 unspecified atom stereocenters. The van der Waals surface area contributed by atoms with Crippen molar-refractivity contribution in [2.75, 3.05) is 0 Å². The van der Waals surface area contributed by atoms with Crippen molar-refractivity contribution in [3.8, 4) is 0 Å². The van der Waals surface area contributed by atoms with Crippen molar-refractivity contribution in [3.05, 3.63) is 35.9 Å². The summed E-state index contributed by atoms with van der Waals surface area (Å²) in [6, 6.07) is 11.1. The minimum atomic E-state index is 0.459. The van der Waals surface area contributed by atoms with Gasteiger partial charge in [-0.15, -0.1) is 0 Å². The Hall–Kier alpha value is -0.780. The van der Waals surface area contributed by atoms with Crippen molar-refractivity contribution in [3.63, 3.8) is 0 Å². The topological polar surface area (TPSA) is 0 Å². The number of hydrogen-bond donors (Lipinski definition) is 0. The Morgan fingerprint density at radius 3 is 2.67 bits per heavy atom. The molecule has 0 saturated heterocycles. The molecule has 0 amide bonds.